The number of ether oxygens (including phenoxy) is 1. The summed E-state index contributed by atoms with van der Waals surface area (Å²) < 4.78 is 5.20. The Hall–Kier alpha value is -2.65. The van der Waals surface area contributed by atoms with Crippen molar-refractivity contribution in [3.05, 3.63) is 34.9 Å². The van der Waals surface area contributed by atoms with E-state index in [-0.39, 0.29) is 12.6 Å². The fraction of sp³-hybridized carbons (Fsp3) is 0.640. The molecular formula is C25H41N3O6. The maximum absolute atomic E-state index is 13.5. The molecule has 0 aromatic heterocycles. The molecule has 34 heavy (non-hydrogen) atoms. The van der Waals surface area contributed by atoms with Crippen molar-refractivity contribution in [1.82, 2.24) is 15.5 Å². The minimum Gasteiger partial charge on any atom is -0.444 e. The van der Waals surface area contributed by atoms with Gasteiger partial charge in [0.05, 0.1) is 13.2 Å². The first kappa shape index (κ1) is 29.4. The molecule has 4 N–H and O–H groups in total. The lowest BCUT2D eigenvalue weighted by Crippen LogP contribution is -2.55. The van der Waals surface area contributed by atoms with Crippen LogP contribution in [-0.2, 0) is 14.3 Å². The van der Waals surface area contributed by atoms with Gasteiger partial charge >= 0.3 is 6.09 Å². The average molecular weight is 480 g/mol. The number of alkyl carbamates (subject to hydrolysis) is 1. The molecule has 3 amide bonds. The maximum Gasteiger partial charge on any atom is 0.408 e. The number of carbonyl (C=O) groups excluding carboxylic acids is 3. The van der Waals surface area contributed by atoms with E-state index in [0.717, 1.165) is 24.0 Å². The van der Waals surface area contributed by atoms with Gasteiger partial charge in [-0.15, -0.1) is 0 Å². The highest BCUT2D eigenvalue weighted by molar-refractivity contribution is 5.92. The smallest absolute Gasteiger partial charge is 0.408 e. The molecule has 0 fully saturated rings. The fourth-order valence-electron chi connectivity index (χ4n) is 3.54. The van der Waals surface area contributed by atoms with Gasteiger partial charge in [0.25, 0.3) is 0 Å². The molecule has 3 unspecified atom stereocenters. The van der Waals surface area contributed by atoms with Gasteiger partial charge < -0.3 is 30.5 Å². The number of hydrogen-bond acceptors (Lipinski definition) is 6. The molecule has 1 rings (SSSR count). The molecule has 0 saturated heterocycles. The summed E-state index contributed by atoms with van der Waals surface area (Å²) in [6.45, 7) is 11.5. The summed E-state index contributed by atoms with van der Waals surface area (Å²) >= 11 is 0. The van der Waals surface area contributed by atoms with E-state index in [0.29, 0.717) is 5.56 Å². The third-order valence-corrected chi connectivity index (χ3v) is 5.31. The second kappa shape index (κ2) is 13.3. The summed E-state index contributed by atoms with van der Waals surface area (Å²) in [7, 11) is 0. The highest BCUT2D eigenvalue weighted by atomic mass is 16.6. The number of nitrogens with one attached hydrogen (secondary N) is 2. The molecule has 0 saturated carbocycles. The van der Waals surface area contributed by atoms with E-state index < -0.39 is 48.8 Å². The Labute approximate surface area is 202 Å². The predicted molar refractivity (Wildman–Crippen MR) is 130 cm³/mol. The SMILES string of the molecule is CCCC(C)NC(=O)C(c1ccc(C)c(C)c1)N(CCO)C(=O)C(CO)NC(=O)OC(C)(C)C. The quantitative estimate of drug-likeness (QED) is 0.386. The summed E-state index contributed by atoms with van der Waals surface area (Å²) in [5.41, 5.74) is 1.75. The van der Waals surface area contributed by atoms with Crippen LogP contribution < -0.4 is 10.6 Å². The molecule has 9 nitrogen and oxygen atoms in total. The molecule has 1 aromatic carbocycles. The molecule has 0 bridgehead atoms. The third kappa shape index (κ3) is 8.95. The normalized spacial score (nSPS) is 14.0. The number of nitrogens with zero attached hydrogens (tertiary/aromatic N) is 1. The molecule has 0 radical (unpaired) electrons. The Morgan fingerprint density at radius 1 is 1.09 bits per heavy atom. The van der Waals surface area contributed by atoms with Crippen molar-refractivity contribution in [2.24, 2.45) is 0 Å². The van der Waals surface area contributed by atoms with Gasteiger partial charge in [0.15, 0.2) is 0 Å². The molecule has 0 aliphatic rings. The number of aryl methyl sites for hydroxylation is 2. The second-order valence-corrected chi connectivity index (χ2v) is 9.58. The zero-order valence-electron chi connectivity index (χ0n) is 21.5. The molecule has 0 spiro atoms. The van der Waals surface area contributed by atoms with Crippen molar-refractivity contribution in [1.29, 1.82) is 0 Å². The van der Waals surface area contributed by atoms with Gasteiger partial charge in [-0.05, 0) is 64.7 Å². The van der Waals surface area contributed by atoms with Crippen LogP contribution >= 0.6 is 0 Å². The summed E-state index contributed by atoms with van der Waals surface area (Å²) in [5.74, 6) is -1.11. The Morgan fingerprint density at radius 2 is 1.74 bits per heavy atom. The van der Waals surface area contributed by atoms with Gasteiger partial charge in [0, 0.05) is 12.6 Å². The number of amides is 3. The summed E-state index contributed by atoms with van der Waals surface area (Å²) in [5, 5.41) is 24.9. The van der Waals surface area contributed by atoms with E-state index in [2.05, 4.69) is 10.6 Å². The molecule has 192 valence electrons. The Morgan fingerprint density at radius 3 is 2.24 bits per heavy atom. The standard InChI is InChI=1S/C25H41N3O6/c1-8-9-18(4)26-22(31)21(19-11-10-16(2)17(3)14-19)28(12-13-29)23(32)20(15-30)27-24(33)34-25(5,6)7/h10-11,14,18,20-21,29-30H,8-9,12-13,15H2,1-7H3,(H,26,31)(H,27,33). The van der Waals surface area contributed by atoms with Crippen LogP contribution in [0.5, 0.6) is 0 Å². The van der Waals surface area contributed by atoms with Gasteiger partial charge in [-0.2, -0.15) is 0 Å². The molecule has 0 aliphatic heterocycles. The predicted octanol–water partition coefficient (Wildman–Crippen LogP) is 2.36. The van der Waals surface area contributed by atoms with Gasteiger partial charge in [0.2, 0.25) is 11.8 Å². The molecule has 0 heterocycles. The van der Waals surface area contributed by atoms with Crippen LogP contribution in [-0.4, -0.2) is 70.5 Å². The number of aliphatic hydroxyl groups is 2. The first-order valence-electron chi connectivity index (χ1n) is 11.7. The summed E-state index contributed by atoms with van der Waals surface area (Å²) in [6.07, 6.45) is 0.771. The van der Waals surface area contributed by atoms with Crippen LogP contribution in [0.15, 0.2) is 18.2 Å². The maximum atomic E-state index is 13.5. The van der Waals surface area contributed by atoms with Gasteiger partial charge in [-0.1, -0.05) is 31.5 Å². The molecule has 3 atom stereocenters. The number of carbonyl (C=O) groups is 3. The van der Waals surface area contributed by atoms with Crippen LogP contribution in [0.2, 0.25) is 0 Å². The van der Waals surface area contributed by atoms with Crippen molar-refractivity contribution < 1.29 is 29.3 Å². The molecule has 1 aromatic rings. The summed E-state index contributed by atoms with van der Waals surface area (Å²) in [4.78, 5) is 40.3. The van der Waals surface area contributed by atoms with Gasteiger partial charge in [-0.3, -0.25) is 9.59 Å². The van der Waals surface area contributed by atoms with Crippen LogP contribution in [0.3, 0.4) is 0 Å². The number of benzene rings is 1. The lowest BCUT2D eigenvalue weighted by Gasteiger charge is -2.34. The van der Waals surface area contributed by atoms with Crippen LogP contribution in [0.25, 0.3) is 0 Å². The van der Waals surface area contributed by atoms with Crippen molar-refractivity contribution in [2.45, 2.75) is 85.0 Å². The highest BCUT2D eigenvalue weighted by Gasteiger charge is 2.36. The first-order chi connectivity index (χ1) is 15.8. The van der Waals surface area contributed by atoms with Crippen molar-refractivity contribution in [3.63, 3.8) is 0 Å². The Bertz CT molecular complexity index is 836. The van der Waals surface area contributed by atoms with Crippen LogP contribution in [0, 0.1) is 13.8 Å². The van der Waals surface area contributed by atoms with E-state index in [1.165, 1.54) is 4.90 Å². The first-order valence-corrected chi connectivity index (χ1v) is 11.7. The minimum atomic E-state index is -1.35. The monoisotopic (exact) mass is 479 g/mol. The van der Waals surface area contributed by atoms with Crippen molar-refractivity contribution >= 4 is 17.9 Å². The van der Waals surface area contributed by atoms with E-state index >= 15 is 0 Å². The minimum absolute atomic E-state index is 0.119. The van der Waals surface area contributed by atoms with Gasteiger partial charge in [0.1, 0.15) is 17.7 Å². The fourth-order valence-corrected chi connectivity index (χ4v) is 3.54. The van der Waals surface area contributed by atoms with Crippen molar-refractivity contribution in [2.75, 3.05) is 19.8 Å². The van der Waals surface area contributed by atoms with E-state index in [1.807, 2.05) is 39.8 Å². The topological polar surface area (TPSA) is 128 Å². The van der Waals surface area contributed by atoms with Crippen LogP contribution in [0.4, 0.5) is 4.79 Å². The molecule has 9 heteroatoms. The number of hydrogen-bond donors (Lipinski definition) is 4. The number of rotatable bonds is 11. The Balaban J connectivity index is 3.37. The zero-order valence-corrected chi connectivity index (χ0v) is 21.5. The van der Waals surface area contributed by atoms with Gasteiger partial charge in [-0.25, -0.2) is 4.79 Å². The average Bonchev–Trinajstić information content (AvgIpc) is 2.72. The second-order valence-electron chi connectivity index (χ2n) is 9.58. The highest BCUT2D eigenvalue weighted by Crippen LogP contribution is 2.25. The van der Waals surface area contributed by atoms with Crippen molar-refractivity contribution in [3.8, 4) is 0 Å². The summed E-state index contributed by atoms with van der Waals surface area (Å²) in [6, 6.07) is 2.93. The van der Waals surface area contributed by atoms with Crippen LogP contribution in [0.1, 0.15) is 70.2 Å². The Kier molecular flexibility index (Phi) is 11.5. The lowest BCUT2D eigenvalue weighted by molar-refractivity contribution is -0.144. The van der Waals surface area contributed by atoms with E-state index in [1.54, 1.807) is 26.8 Å². The molecule has 0 aliphatic carbocycles. The molecular weight excluding hydrogens is 438 g/mol. The largest absolute Gasteiger partial charge is 0.444 e. The van der Waals surface area contributed by atoms with E-state index in [9.17, 15) is 24.6 Å². The number of aliphatic hydroxyl groups excluding tert-OH is 2. The lowest BCUT2D eigenvalue weighted by atomic mass is 9.98. The van der Waals surface area contributed by atoms with E-state index in [4.69, 9.17) is 4.74 Å². The third-order valence-electron chi connectivity index (χ3n) is 5.31. The zero-order chi connectivity index (χ0) is 26.1.